The molecule has 1 aromatic carbocycles. The van der Waals surface area contributed by atoms with Crippen molar-refractivity contribution in [2.75, 3.05) is 62.3 Å². The average Bonchev–Trinajstić information content (AvgIpc) is 2.79. The Kier molecular flexibility index (Phi) is 5.58. The molecular weight excluding hydrogens is 400 g/mol. The fraction of sp³-hybridized carbons (Fsp3) is 0.478. The number of alkyl halides is 2. The largest absolute Gasteiger partial charge is 0.378 e. The van der Waals surface area contributed by atoms with Gasteiger partial charge in [0, 0.05) is 50.1 Å². The van der Waals surface area contributed by atoms with Crippen molar-refractivity contribution in [3.05, 3.63) is 36.5 Å². The van der Waals surface area contributed by atoms with E-state index in [4.69, 9.17) is 4.74 Å². The standard InChI is InChI=1S/C23H27F2N5O/c24-23(25)12-17(13-26-16-23)15-30-6-5-27-21-14-28-20(11-22(21)30)18-1-3-19(4-2-18)29-7-9-31-10-8-29/h1-5,11,14,17,26H,6-10,12-13,15-16H2. The first-order valence-corrected chi connectivity index (χ1v) is 10.9. The van der Waals surface area contributed by atoms with E-state index in [0.717, 1.165) is 48.9 Å². The number of benzene rings is 1. The van der Waals surface area contributed by atoms with Crippen LogP contribution in [-0.2, 0) is 4.74 Å². The van der Waals surface area contributed by atoms with E-state index in [0.29, 0.717) is 19.6 Å². The molecule has 0 aliphatic carbocycles. The molecule has 3 aliphatic heterocycles. The lowest BCUT2D eigenvalue weighted by molar-refractivity contribution is -0.0378. The molecule has 0 bridgehead atoms. The summed E-state index contributed by atoms with van der Waals surface area (Å²) in [7, 11) is 0. The fourth-order valence-electron chi connectivity index (χ4n) is 4.59. The zero-order chi connectivity index (χ0) is 21.3. The van der Waals surface area contributed by atoms with Gasteiger partial charge in [0.15, 0.2) is 0 Å². The number of nitrogens with zero attached hydrogens (tertiary/aromatic N) is 4. The highest BCUT2D eigenvalue weighted by molar-refractivity contribution is 5.83. The minimum atomic E-state index is -2.64. The van der Waals surface area contributed by atoms with Crippen molar-refractivity contribution in [1.29, 1.82) is 0 Å². The van der Waals surface area contributed by atoms with Crippen LogP contribution in [0.4, 0.5) is 25.8 Å². The molecule has 5 rings (SSSR count). The molecule has 31 heavy (non-hydrogen) atoms. The van der Waals surface area contributed by atoms with E-state index in [1.807, 2.05) is 12.3 Å². The fourth-order valence-corrected chi connectivity index (χ4v) is 4.59. The monoisotopic (exact) mass is 427 g/mol. The van der Waals surface area contributed by atoms with E-state index < -0.39 is 5.92 Å². The molecule has 0 radical (unpaired) electrons. The van der Waals surface area contributed by atoms with Gasteiger partial charge in [-0.1, -0.05) is 12.1 Å². The Morgan fingerprint density at radius 3 is 2.74 bits per heavy atom. The van der Waals surface area contributed by atoms with E-state index in [9.17, 15) is 8.78 Å². The topological polar surface area (TPSA) is 53.0 Å². The van der Waals surface area contributed by atoms with Crippen LogP contribution in [0.1, 0.15) is 6.42 Å². The number of hydrogen-bond donors (Lipinski definition) is 1. The number of ether oxygens (including phenoxy) is 1. The predicted octanol–water partition coefficient (Wildman–Crippen LogP) is 3.35. The summed E-state index contributed by atoms with van der Waals surface area (Å²) in [5, 5.41) is 2.87. The van der Waals surface area contributed by atoms with Gasteiger partial charge in [0.05, 0.1) is 43.9 Å². The van der Waals surface area contributed by atoms with Crippen LogP contribution in [-0.4, -0.2) is 69.6 Å². The second kappa shape index (κ2) is 8.51. The molecule has 3 aliphatic rings. The predicted molar refractivity (Wildman–Crippen MR) is 119 cm³/mol. The van der Waals surface area contributed by atoms with Crippen molar-refractivity contribution >= 4 is 23.3 Å². The molecule has 2 aromatic rings. The van der Waals surface area contributed by atoms with Gasteiger partial charge >= 0.3 is 0 Å². The van der Waals surface area contributed by atoms with E-state index >= 15 is 0 Å². The van der Waals surface area contributed by atoms with E-state index in [1.54, 1.807) is 6.20 Å². The van der Waals surface area contributed by atoms with Crippen LogP contribution < -0.4 is 15.1 Å². The van der Waals surface area contributed by atoms with Crippen LogP contribution in [0.3, 0.4) is 0 Å². The summed E-state index contributed by atoms with van der Waals surface area (Å²) in [6.07, 6.45) is 3.52. The summed E-state index contributed by atoms with van der Waals surface area (Å²) in [6, 6.07) is 10.4. The van der Waals surface area contributed by atoms with Gasteiger partial charge in [-0.15, -0.1) is 0 Å². The molecule has 1 unspecified atom stereocenters. The number of halogens is 2. The van der Waals surface area contributed by atoms with Crippen LogP contribution in [0.15, 0.2) is 41.5 Å². The molecule has 2 saturated heterocycles. The lowest BCUT2D eigenvalue weighted by Gasteiger charge is -2.35. The molecule has 0 amide bonds. The van der Waals surface area contributed by atoms with Gasteiger partial charge in [-0.25, -0.2) is 8.78 Å². The highest BCUT2D eigenvalue weighted by Gasteiger charge is 2.37. The number of piperidine rings is 1. The summed E-state index contributed by atoms with van der Waals surface area (Å²) < 4.78 is 33.1. The van der Waals surface area contributed by atoms with Crippen LogP contribution in [0.25, 0.3) is 11.3 Å². The van der Waals surface area contributed by atoms with Crippen molar-refractivity contribution in [2.45, 2.75) is 12.3 Å². The summed E-state index contributed by atoms with van der Waals surface area (Å²) in [5.41, 5.74) is 4.82. The van der Waals surface area contributed by atoms with Crippen LogP contribution in [0.5, 0.6) is 0 Å². The van der Waals surface area contributed by atoms with Crippen LogP contribution in [0.2, 0.25) is 0 Å². The van der Waals surface area contributed by atoms with E-state index in [1.165, 1.54) is 5.69 Å². The van der Waals surface area contributed by atoms with E-state index in [2.05, 4.69) is 49.4 Å². The summed E-state index contributed by atoms with van der Waals surface area (Å²) >= 11 is 0. The lowest BCUT2D eigenvalue weighted by atomic mass is 9.95. The first-order chi connectivity index (χ1) is 15.1. The minimum absolute atomic E-state index is 0.0794. The quantitative estimate of drug-likeness (QED) is 0.811. The molecule has 1 atom stereocenters. The summed E-state index contributed by atoms with van der Waals surface area (Å²) in [6.45, 7) is 4.89. The third-order valence-corrected chi connectivity index (χ3v) is 6.16. The molecule has 8 heteroatoms. The van der Waals surface area contributed by atoms with Gasteiger partial charge in [-0.3, -0.25) is 9.98 Å². The van der Waals surface area contributed by atoms with Crippen molar-refractivity contribution in [3.8, 4) is 11.3 Å². The number of aliphatic imine (C=N–C) groups is 1. The number of morpholine rings is 1. The molecular formula is C23H27F2N5O. The summed E-state index contributed by atoms with van der Waals surface area (Å²) in [5.74, 6) is -2.74. The Morgan fingerprint density at radius 1 is 1.16 bits per heavy atom. The normalized spacial score (nSPS) is 23.0. The molecule has 0 saturated carbocycles. The maximum absolute atomic E-state index is 13.8. The van der Waals surface area contributed by atoms with Crippen molar-refractivity contribution < 1.29 is 13.5 Å². The number of fused-ring (bicyclic) bond motifs is 1. The van der Waals surface area contributed by atoms with Crippen molar-refractivity contribution in [1.82, 2.24) is 10.3 Å². The van der Waals surface area contributed by atoms with Crippen molar-refractivity contribution in [3.63, 3.8) is 0 Å². The zero-order valence-electron chi connectivity index (χ0n) is 17.4. The third-order valence-electron chi connectivity index (χ3n) is 6.16. The van der Waals surface area contributed by atoms with Gasteiger partial charge < -0.3 is 19.9 Å². The first kappa shape index (κ1) is 20.3. The number of nitrogens with one attached hydrogen (secondary N) is 1. The van der Waals surface area contributed by atoms with Gasteiger partial charge in [-0.2, -0.15) is 0 Å². The SMILES string of the molecule is FC1(F)CNCC(CN2CC=Nc3cnc(-c4ccc(N5CCOCC5)cc4)cc32)C1. The Bertz CT molecular complexity index is 943. The highest BCUT2D eigenvalue weighted by atomic mass is 19.3. The van der Waals surface area contributed by atoms with E-state index in [-0.39, 0.29) is 18.9 Å². The van der Waals surface area contributed by atoms with Crippen LogP contribution in [0, 0.1) is 5.92 Å². The summed E-state index contributed by atoms with van der Waals surface area (Å²) in [4.78, 5) is 13.5. The molecule has 1 N–H and O–H groups in total. The number of anilines is 2. The lowest BCUT2D eigenvalue weighted by Crippen LogP contribution is -2.48. The van der Waals surface area contributed by atoms with Gasteiger partial charge in [0.1, 0.15) is 5.69 Å². The molecule has 6 nitrogen and oxygen atoms in total. The average molecular weight is 427 g/mol. The molecule has 1 aromatic heterocycles. The Morgan fingerprint density at radius 2 is 1.97 bits per heavy atom. The molecule has 164 valence electrons. The minimum Gasteiger partial charge on any atom is -0.378 e. The maximum Gasteiger partial charge on any atom is 0.260 e. The highest BCUT2D eigenvalue weighted by Crippen LogP contribution is 2.36. The van der Waals surface area contributed by atoms with Gasteiger partial charge in [0.25, 0.3) is 5.92 Å². The number of aromatic nitrogens is 1. The Labute approximate surface area is 180 Å². The maximum atomic E-state index is 13.8. The smallest absolute Gasteiger partial charge is 0.260 e. The third kappa shape index (κ3) is 4.55. The van der Waals surface area contributed by atoms with Gasteiger partial charge in [0.2, 0.25) is 0 Å². The van der Waals surface area contributed by atoms with Crippen molar-refractivity contribution in [2.24, 2.45) is 10.9 Å². The Hall–Kier alpha value is -2.58. The molecule has 2 fully saturated rings. The van der Waals surface area contributed by atoms with Gasteiger partial charge in [-0.05, 0) is 24.1 Å². The zero-order valence-corrected chi connectivity index (χ0v) is 17.4. The van der Waals surface area contributed by atoms with Crippen LogP contribution >= 0.6 is 0 Å². The molecule has 0 spiro atoms. The number of pyridine rings is 1. The molecule has 4 heterocycles. The Balaban J connectivity index is 1.35. The second-order valence-electron chi connectivity index (χ2n) is 8.48. The number of rotatable bonds is 4. The number of hydrogen-bond acceptors (Lipinski definition) is 6. The second-order valence-corrected chi connectivity index (χ2v) is 8.48. The first-order valence-electron chi connectivity index (χ1n) is 10.9.